The number of pyridine rings is 1. The van der Waals surface area contributed by atoms with Gasteiger partial charge in [-0.25, -0.2) is 4.98 Å². The summed E-state index contributed by atoms with van der Waals surface area (Å²) >= 11 is 1.46. The van der Waals surface area contributed by atoms with Crippen LogP contribution in [0.25, 0.3) is 5.52 Å². The highest BCUT2D eigenvalue weighted by Crippen LogP contribution is 2.26. The number of anilines is 1. The molecule has 0 aliphatic rings. The third-order valence-electron chi connectivity index (χ3n) is 3.98. The minimum atomic E-state index is -0.240. The zero-order valence-electron chi connectivity index (χ0n) is 14.3. The summed E-state index contributed by atoms with van der Waals surface area (Å²) < 4.78 is 2.00. The molecule has 2 heterocycles. The van der Waals surface area contributed by atoms with Crippen molar-refractivity contribution in [3.63, 3.8) is 0 Å². The summed E-state index contributed by atoms with van der Waals surface area (Å²) in [5, 5.41) is 3.65. The third kappa shape index (κ3) is 3.31. The molecule has 5 heteroatoms. The first kappa shape index (κ1) is 16.6. The molecular formula is C19H21N3OS. The number of carbonyl (C=O) groups excluding carboxylic acids is 1. The molecule has 3 rings (SSSR count). The largest absolute Gasteiger partial charge is 0.325 e. The van der Waals surface area contributed by atoms with E-state index in [0.717, 1.165) is 27.5 Å². The molecule has 1 atom stereocenters. The van der Waals surface area contributed by atoms with Gasteiger partial charge in [0.2, 0.25) is 5.91 Å². The van der Waals surface area contributed by atoms with E-state index in [0.29, 0.717) is 0 Å². The van der Waals surface area contributed by atoms with E-state index < -0.39 is 0 Å². The van der Waals surface area contributed by atoms with Crippen LogP contribution in [0.3, 0.4) is 0 Å². The van der Waals surface area contributed by atoms with Gasteiger partial charge in [-0.05, 0) is 51.0 Å². The first-order valence-electron chi connectivity index (χ1n) is 7.93. The van der Waals surface area contributed by atoms with Gasteiger partial charge in [0.05, 0.1) is 17.0 Å². The minimum absolute atomic E-state index is 0.0114. The molecule has 1 aromatic carbocycles. The molecule has 0 spiro atoms. The van der Waals surface area contributed by atoms with Gasteiger partial charge in [0.15, 0.2) is 5.16 Å². The van der Waals surface area contributed by atoms with Crippen molar-refractivity contribution in [2.75, 3.05) is 5.32 Å². The van der Waals surface area contributed by atoms with E-state index in [1.807, 2.05) is 55.8 Å². The predicted octanol–water partition coefficient (Wildman–Crippen LogP) is 4.38. The Kier molecular flexibility index (Phi) is 4.62. The van der Waals surface area contributed by atoms with E-state index in [1.54, 1.807) is 0 Å². The zero-order chi connectivity index (χ0) is 17.3. The first-order valence-corrected chi connectivity index (χ1v) is 8.81. The molecule has 0 unspecified atom stereocenters. The third-order valence-corrected chi connectivity index (χ3v) is 5.06. The second-order valence-corrected chi connectivity index (χ2v) is 7.37. The molecule has 4 nitrogen and oxygen atoms in total. The van der Waals surface area contributed by atoms with Gasteiger partial charge in [-0.3, -0.25) is 9.20 Å². The van der Waals surface area contributed by atoms with E-state index in [2.05, 4.69) is 29.4 Å². The van der Waals surface area contributed by atoms with Crippen molar-refractivity contribution in [2.45, 2.75) is 38.1 Å². The summed E-state index contributed by atoms with van der Waals surface area (Å²) in [6, 6.07) is 10.1. The van der Waals surface area contributed by atoms with Crippen LogP contribution < -0.4 is 5.32 Å². The Morgan fingerprint density at radius 1 is 1.21 bits per heavy atom. The van der Waals surface area contributed by atoms with Crippen LogP contribution in [0, 0.1) is 20.8 Å². The number of hydrogen-bond donors (Lipinski definition) is 1. The lowest BCUT2D eigenvalue weighted by molar-refractivity contribution is -0.115. The Hall–Kier alpha value is -2.27. The van der Waals surface area contributed by atoms with Crippen molar-refractivity contribution in [3.05, 3.63) is 59.4 Å². The molecule has 1 N–H and O–H groups in total. The van der Waals surface area contributed by atoms with Crippen molar-refractivity contribution in [1.82, 2.24) is 9.38 Å². The number of nitrogens with zero attached hydrogens (tertiary/aromatic N) is 2. The first-order chi connectivity index (χ1) is 11.5. The SMILES string of the molecule is Cc1cc(C)c(NC(=O)[C@@H](C)Sc2ncc3ccccn23)c(C)c1. The van der Waals surface area contributed by atoms with Gasteiger partial charge in [0.25, 0.3) is 0 Å². The van der Waals surface area contributed by atoms with Gasteiger partial charge < -0.3 is 5.32 Å². The van der Waals surface area contributed by atoms with Gasteiger partial charge in [-0.2, -0.15) is 0 Å². The highest BCUT2D eigenvalue weighted by molar-refractivity contribution is 8.00. The Morgan fingerprint density at radius 3 is 2.62 bits per heavy atom. The molecule has 24 heavy (non-hydrogen) atoms. The van der Waals surface area contributed by atoms with Gasteiger partial charge in [0.1, 0.15) is 0 Å². The summed E-state index contributed by atoms with van der Waals surface area (Å²) in [6.45, 7) is 8.02. The normalized spacial score (nSPS) is 12.3. The fourth-order valence-electron chi connectivity index (χ4n) is 2.82. The molecule has 124 valence electrons. The van der Waals surface area contributed by atoms with Crippen LogP contribution in [0.4, 0.5) is 5.69 Å². The number of rotatable bonds is 4. The van der Waals surface area contributed by atoms with Crippen molar-refractivity contribution >= 4 is 28.9 Å². The molecule has 1 amide bonds. The maximum absolute atomic E-state index is 12.6. The Bertz CT molecular complexity index is 878. The van der Waals surface area contributed by atoms with Crippen LogP contribution in [-0.4, -0.2) is 20.5 Å². The number of thioether (sulfide) groups is 1. The number of carbonyl (C=O) groups is 1. The highest BCUT2D eigenvalue weighted by atomic mass is 32.2. The summed E-state index contributed by atoms with van der Waals surface area (Å²) in [4.78, 5) is 17.0. The number of hydrogen-bond acceptors (Lipinski definition) is 3. The topological polar surface area (TPSA) is 46.4 Å². The Morgan fingerprint density at radius 2 is 1.92 bits per heavy atom. The van der Waals surface area contributed by atoms with Crippen LogP contribution in [-0.2, 0) is 4.79 Å². The maximum Gasteiger partial charge on any atom is 0.237 e. The van der Waals surface area contributed by atoms with Crippen LogP contribution >= 0.6 is 11.8 Å². The lowest BCUT2D eigenvalue weighted by Gasteiger charge is -2.15. The number of benzene rings is 1. The minimum Gasteiger partial charge on any atom is -0.325 e. The number of amides is 1. The molecule has 0 aliphatic heterocycles. The van der Waals surface area contributed by atoms with Gasteiger partial charge in [-0.1, -0.05) is 35.5 Å². The molecular weight excluding hydrogens is 318 g/mol. The van der Waals surface area contributed by atoms with E-state index in [9.17, 15) is 4.79 Å². The Balaban J connectivity index is 1.76. The summed E-state index contributed by atoms with van der Waals surface area (Å²) in [5.74, 6) is -0.0114. The highest BCUT2D eigenvalue weighted by Gasteiger charge is 2.18. The fourth-order valence-corrected chi connectivity index (χ4v) is 3.70. The maximum atomic E-state index is 12.6. The van der Waals surface area contributed by atoms with Crippen LogP contribution in [0.2, 0.25) is 0 Å². The van der Waals surface area contributed by atoms with E-state index >= 15 is 0 Å². The standard InChI is InChI=1S/C19H21N3OS/c1-12-9-13(2)17(14(3)10-12)21-18(23)15(4)24-19-20-11-16-7-5-6-8-22(16)19/h5-11,15H,1-4H3,(H,21,23)/t15-/m1/s1. The van der Waals surface area contributed by atoms with Crippen molar-refractivity contribution < 1.29 is 4.79 Å². The molecule has 3 aromatic rings. The van der Waals surface area contributed by atoms with Gasteiger partial charge in [0, 0.05) is 11.9 Å². The average Bonchev–Trinajstić information content (AvgIpc) is 2.94. The summed E-state index contributed by atoms with van der Waals surface area (Å²) in [7, 11) is 0. The second-order valence-electron chi connectivity index (χ2n) is 6.06. The zero-order valence-corrected chi connectivity index (χ0v) is 15.1. The molecule has 0 fully saturated rings. The summed E-state index contributed by atoms with van der Waals surface area (Å²) in [5.41, 5.74) is 5.31. The molecule has 0 aliphatic carbocycles. The molecule has 0 saturated carbocycles. The number of aryl methyl sites for hydroxylation is 3. The van der Waals surface area contributed by atoms with Crippen LogP contribution in [0.1, 0.15) is 23.6 Å². The Labute approximate surface area is 146 Å². The second kappa shape index (κ2) is 6.69. The predicted molar refractivity (Wildman–Crippen MR) is 99.8 cm³/mol. The van der Waals surface area contributed by atoms with Crippen molar-refractivity contribution in [2.24, 2.45) is 0 Å². The van der Waals surface area contributed by atoms with E-state index in [4.69, 9.17) is 0 Å². The van der Waals surface area contributed by atoms with Crippen LogP contribution in [0.5, 0.6) is 0 Å². The van der Waals surface area contributed by atoms with Gasteiger partial charge >= 0.3 is 0 Å². The van der Waals surface area contributed by atoms with Crippen LogP contribution in [0.15, 0.2) is 47.9 Å². The van der Waals surface area contributed by atoms with Crippen molar-refractivity contribution in [1.29, 1.82) is 0 Å². The number of nitrogens with one attached hydrogen (secondary N) is 1. The smallest absolute Gasteiger partial charge is 0.237 e. The monoisotopic (exact) mass is 339 g/mol. The number of fused-ring (bicyclic) bond motifs is 1. The molecule has 2 aromatic heterocycles. The summed E-state index contributed by atoms with van der Waals surface area (Å²) in [6.07, 6.45) is 3.78. The lowest BCUT2D eigenvalue weighted by atomic mass is 10.1. The van der Waals surface area contributed by atoms with Gasteiger partial charge in [-0.15, -0.1) is 0 Å². The van der Waals surface area contributed by atoms with E-state index in [-0.39, 0.29) is 11.2 Å². The van der Waals surface area contributed by atoms with E-state index in [1.165, 1.54) is 17.3 Å². The number of aromatic nitrogens is 2. The quantitative estimate of drug-likeness (QED) is 0.718. The lowest BCUT2D eigenvalue weighted by Crippen LogP contribution is -2.23. The number of imidazole rings is 1. The van der Waals surface area contributed by atoms with Crippen molar-refractivity contribution in [3.8, 4) is 0 Å². The fraction of sp³-hybridized carbons (Fsp3) is 0.263. The average molecular weight is 339 g/mol. The molecule has 0 bridgehead atoms. The molecule has 0 saturated heterocycles. The molecule has 0 radical (unpaired) electrons.